The van der Waals surface area contributed by atoms with Crippen LogP contribution in [0.25, 0.3) is 0 Å². The van der Waals surface area contributed by atoms with E-state index in [0.717, 1.165) is 19.7 Å². The van der Waals surface area contributed by atoms with Gasteiger partial charge in [-0.3, -0.25) is 4.90 Å². The summed E-state index contributed by atoms with van der Waals surface area (Å²) in [5, 5.41) is 14.4. The fourth-order valence-electron chi connectivity index (χ4n) is 3.06. The number of rotatable bonds is 3. The van der Waals surface area contributed by atoms with Gasteiger partial charge in [0.1, 0.15) is 0 Å². The molecule has 3 rings (SSSR count). The van der Waals surface area contributed by atoms with Crippen LogP contribution in [0.5, 0.6) is 0 Å². The van der Waals surface area contributed by atoms with E-state index >= 15 is 0 Å². The predicted octanol–water partition coefficient (Wildman–Crippen LogP) is 1.54. The quantitative estimate of drug-likeness (QED) is 0.887. The van der Waals surface area contributed by atoms with Gasteiger partial charge in [0.2, 0.25) is 0 Å². The van der Waals surface area contributed by atoms with Crippen molar-refractivity contribution < 1.29 is 9.53 Å². The first-order chi connectivity index (χ1) is 10.7. The molecule has 2 aliphatic heterocycles. The number of ether oxygens (including phenoxy) is 1. The number of carbonyl (C=O) groups is 1. The lowest BCUT2D eigenvalue weighted by Gasteiger charge is -2.35. The SMILES string of the molecule is N#Cc1cccc(NC(=O)NC[C@@H]2CN3CCC[C@H]3CO2)c1. The van der Waals surface area contributed by atoms with E-state index in [1.54, 1.807) is 24.3 Å². The molecule has 1 aromatic rings. The van der Waals surface area contributed by atoms with Gasteiger partial charge in [-0.2, -0.15) is 5.26 Å². The number of carbonyl (C=O) groups excluding carboxylic acids is 1. The summed E-state index contributed by atoms with van der Waals surface area (Å²) in [6, 6.07) is 9.18. The van der Waals surface area contributed by atoms with Crippen molar-refractivity contribution >= 4 is 11.7 Å². The molecule has 1 aromatic carbocycles. The van der Waals surface area contributed by atoms with Crippen LogP contribution in [-0.4, -0.2) is 49.3 Å². The molecule has 2 saturated heterocycles. The molecule has 2 heterocycles. The van der Waals surface area contributed by atoms with Crippen molar-refractivity contribution in [1.29, 1.82) is 5.26 Å². The molecule has 6 nitrogen and oxygen atoms in total. The molecule has 0 aliphatic carbocycles. The summed E-state index contributed by atoms with van der Waals surface area (Å²) in [5.41, 5.74) is 1.13. The minimum absolute atomic E-state index is 0.0468. The second-order valence-electron chi connectivity index (χ2n) is 5.77. The van der Waals surface area contributed by atoms with Crippen molar-refractivity contribution in [3.05, 3.63) is 29.8 Å². The molecule has 2 amide bonds. The van der Waals surface area contributed by atoms with Crippen LogP contribution in [0.1, 0.15) is 18.4 Å². The number of amides is 2. The fraction of sp³-hybridized carbons (Fsp3) is 0.500. The van der Waals surface area contributed by atoms with E-state index in [1.165, 1.54) is 12.8 Å². The minimum atomic E-state index is -0.276. The first-order valence-electron chi connectivity index (χ1n) is 7.65. The molecule has 0 aromatic heterocycles. The first kappa shape index (κ1) is 14.8. The molecule has 0 bridgehead atoms. The topological polar surface area (TPSA) is 77.4 Å². The van der Waals surface area contributed by atoms with Gasteiger partial charge >= 0.3 is 6.03 Å². The summed E-state index contributed by atoms with van der Waals surface area (Å²) in [5.74, 6) is 0. The maximum atomic E-state index is 11.9. The Labute approximate surface area is 130 Å². The summed E-state index contributed by atoms with van der Waals surface area (Å²) < 4.78 is 5.80. The highest BCUT2D eigenvalue weighted by Gasteiger charge is 2.32. The number of morpholine rings is 1. The molecule has 2 fully saturated rings. The Kier molecular flexibility index (Phi) is 4.56. The number of hydrogen-bond acceptors (Lipinski definition) is 4. The van der Waals surface area contributed by atoms with Crippen LogP contribution in [0.4, 0.5) is 10.5 Å². The molecule has 2 atom stereocenters. The average molecular weight is 300 g/mol. The van der Waals surface area contributed by atoms with Crippen LogP contribution < -0.4 is 10.6 Å². The number of anilines is 1. The zero-order valence-electron chi connectivity index (χ0n) is 12.4. The van der Waals surface area contributed by atoms with Gasteiger partial charge in [-0.25, -0.2) is 4.79 Å². The van der Waals surface area contributed by atoms with Crippen LogP contribution in [0.2, 0.25) is 0 Å². The summed E-state index contributed by atoms with van der Waals surface area (Å²) in [6.07, 6.45) is 2.50. The fourth-order valence-corrected chi connectivity index (χ4v) is 3.06. The van der Waals surface area contributed by atoms with E-state index in [4.69, 9.17) is 10.00 Å². The van der Waals surface area contributed by atoms with E-state index in [2.05, 4.69) is 15.5 Å². The first-order valence-corrected chi connectivity index (χ1v) is 7.65. The highest BCUT2D eigenvalue weighted by molar-refractivity contribution is 5.89. The van der Waals surface area contributed by atoms with Crippen LogP contribution in [0, 0.1) is 11.3 Å². The zero-order chi connectivity index (χ0) is 15.4. The number of nitrogens with zero attached hydrogens (tertiary/aromatic N) is 2. The molecule has 2 N–H and O–H groups in total. The normalized spacial score (nSPS) is 24.3. The third-order valence-corrected chi connectivity index (χ3v) is 4.20. The third kappa shape index (κ3) is 3.56. The van der Waals surface area contributed by atoms with Crippen molar-refractivity contribution in [1.82, 2.24) is 10.2 Å². The Morgan fingerprint density at radius 3 is 3.27 bits per heavy atom. The maximum absolute atomic E-state index is 11.9. The molecule has 0 spiro atoms. The molecule has 6 heteroatoms. The monoisotopic (exact) mass is 300 g/mol. The Balaban J connectivity index is 1.45. The maximum Gasteiger partial charge on any atom is 0.319 e. The summed E-state index contributed by atoms with van der Waals surface area (Å²) in [4.78, 5) is 14.4. The van der Waals surface area contributed by atoms with Gasteiger partial charge in [0.05, 0.1) is 24.3 Å². The summed E-state index contributed by atoms with van der Waals surface area (Å²) in [6.45, 7) is 3.28. The van der Waals surface area contributed by atoms with Gasteiger partial charge in [-0.1, -0.05) is 6.07 Å². The molecular formula is C16H20N4O2. The minimum Gasteiger partial charge on any atom is -0.373 e. The number of benzene rings is 1. The van der Waals surface area contributed by atoms with E-state index in [1.807, 2.05) is 6.07 Å². The Hall–Kier alpha value is -2.10. The van der Waals surface area contributed by atoms with Crippen LogP contribution in [0.15, 0.2) is 24.3 Å². The smallest absolute Gasteiger partial charge is 0.319 e. The number of urea groups is 1. The molecule has 116 valence electrons. The van der Waals surface area contributed by atoms with Gasteiger partial charge in [-0.15, -0.1) is 0 Å². The van der Waals surface area contributed by atoms with E-state index < -0.39 is 0 Å². The predicted molar refractivity (Wildman–Crippen MR) is 82.5 cm³/mol. The van der Waals surface area contributed by atoms with Crippen molar-refractivity contribution in [2.75, 3.05) is 31.6 Å². The van der Waals surface area contributed by atoms with E-state index in [-0.39, 0.29) is 12.1 Å². The van der Waals surface area contributed by atoms with Crippen LogP contribution in [-0.2, 0) is 4.74 Å². The van der Waals surface area contributed by atoms with Gasteiger partial charge in [0.15, 0.2) is 0 Å². The molecule has 22 heavy (non-hydrogen) atoms. The number of fused-ring (bicyclic) bond motifs is 1. The summed E-state index contributed by atoms with van der Waals surface area (Å²) >= 11 is 0. The number of nitrogens with one attached hydrogen (secondary N) is 2. The Morgan fingerprint density at radius 2 is 2.41 bits per heavy atom. The van der Waals surface area contributed by atoms with Crippen molar-refractivity contribution in [3.63, 3.8) is 0 Å². The lowest BCUT2D eigenvalue weighted by atomic mass is 10.2. The second kappa shape index (κ2) is 6.77. The van der Waals surface area contributed by atoms with Gasteiger partial charge < -0.3 is 15.4 Å². The molecule has 0 radical (unpaired) electrons. The lowest BCUT2D eigenvalue weighted by Crippen LogP contribution is -2.50. The van der Waals surface area contributed by atoms with Crippen LogP contribution in [0.3, 0.4) is 0 Å². The molecule has 0 saturated carbocycles. The molecule has 2 aliphatic rings. The largest absolute Gasteiger partial charge is 0.373 e. The van der Waals surface area contributed by atoms with E-state index in [0.29, 0.717) is 23.8 Å². The number of nitriles is 1. The average Bonchev–Trinajstić information content (AvgIpc) is 3.00. The zero-order valence-corrected chi connectivity index (χ0v) is 12.4. The number of hydrogen-bond donors (Lipinski definition) is 2. The summed E-state index contributed by atoms with van der Waals surface area (Å²) in [7, 11) is 0. The highest BCUT2D eigenvalue weighted by atomic mass is 16.5. The third-order valence-electron chi connectivity index (χ3n) is 4.20. The highest BCUT2D eigenvalue weighted by Crippen LogP contribution is 2.22. The van der Waals surface area contributed by atoms with E-state index in [9.17, 15) is 4.79 Å². The van der Waals surface area contributed by atoms with Gasteiger partial charge in [-0.05, 0) is 37.6 Å². The standard InChI is InChI=1S/C16H20N4O2/c17-8-12-3-1-4-13(7-12)19-16(21)18-9-15-10-20-6-2-5-14(20)11-22-15/h1,3-4,7,14-15H,2,5-6,9-11H2,(H2,18,19,21)/t14-,15+/m0/s1. The second-order valence-corrected chi connectivity index (χ2v) is 5.77. The van der Waals surface area contributed by atoms with Crippen molar-refractivity contribution in [2.24, 2.45) is 0 Å². The van der Waals surface area contributed by atoms with Crippen molar-refractivity contribution in [3.8, 4) is 6.07 Å². The Morgan fingerprint density at radius 1 is 1.50 bits per heavy atom. The van der Waals surface area contributed by atoms with Crippen LogP contribution >= 0.6 is 0 Å². The van der Waals surface area contributed by atoms with Gasteiger partial charge in [0.25, 0.3) is 0 Å². The molecular weight excluding hydrogens is 280 g/mol. The molecule has 0 unspecified atom stereocenters. The van der Waals surface area contributed by atoms with Gasteiger partial charge in [0, 0.05) is 24.8 Å². The lowest BCUT2D eigenvalue weighted by molar-refractivity contribution is -0.0456. The Bertz CT molecular complexity index is 584. The van der Waals surface area contributed by atoms with Crippen molar-refractivity contribution in [2.45, 2.75) is 25.0 Å².